The van der Waals surface area contributed by atoms with Crippen molar-refractivity contribution in [2.45, 2.75) is 0 Å². The Bertz CT molecular complexity index is 192. The first-order chi connectivity index (χ1) is 4.88. The highest BCUT2D eigenvalue weighted by Gasteiger charge is 1.99. The Morgan fingerprint density at radius 2 is 1.30 bits per heavy atom. The largest absolute Gasteiger partial charge is 0.275 e. The molecule has 0 aliphatic rings. The van der Waals surface area contributed by atoms with Gasteiger partial charge in [0.1, 0.15) is 0 Å². The lowest BCUT2D eigenvalue weighted by atomic mass is 9.79. The number of hydrogen-bond donors (Lipinski definition) is 0. The SMILES string of the molecule is Cl[B]c1ccccc1[B]Cl. The van der Waals surface area contributed by atoms with Crippen LogP contribution in [0.15, 0.2) is 24.3 Å². The van der Waals surface area contributed by atoms with Crippen LogP contribution in [0.1, 0.15) is 0 Å². The second-order valence-electron chi connectivity index (χ2n) is 1.85. The van der Waals surface area contributed by atoms with Crippen LogP contribution in [0.2, 0.25) is 0 Å². The molecule has 0 N–H and O–H groups in total. The molecule has 10 heavy (non-hydrogen) atoms. The Balaban J connectivity index is 2.96. The molecule has 1 rings (SSSR count). The lowest BCUT2D eigenvalue weighted by Crippen LogP contribution is -2.31. The molecule has 4 heteroatoms. The first-order valence-corrected chi connectivity index (χ1v) is 3.71. The monoisotopic (exact) mass is 168 g/mol. The molecule has 0 aliphatic heterocycles. The van der Waals surface area contributed by atoms with Crippen LogP contribution in [0.4, 0.5) is 0 Å². The van der Waals surface area contributed by atoms with Crippen LogP contribution < -0.4 is 10.9 Å². The number of hydrogen-bond acceptors (Lipinski definition) is 0. The van der Waals surface area contributed by atoms with Crippen LogP contribution in [-0.4, -0.2) is 13.4 Å². The van der Waals surface area contributed by atoms with Crippen LogP contribution in [0.3, 0.4) is 0 Å². The van der Waals surface area contributed by atoms with Gasteiger partial charge in [-0.25, -0.2) is 0 Å². The second kappa shape index (κ2) is 3.95. The molecule has 0 saturated carbocycles. The maximum atomic E-state index is 5.51. The minimum absolute atomic E-state index is 0.944. The van der Waals surface area contributed by atoms with Gasteiger partial charge in [0.15, 0.2) is 0 Å². The summed E-state index contributed by atoms with van der Waals surface area (Å²) < 4.78 is 0. The third kappa shape index (κ3) is 1.71. The fraction of sp³-hybridized carbons (Fsp3) is 0. The smallest absolute Gasteiger partial charge is 0.197 e. The minimum atomic E-state index is 0.944. The summed E-state index contributed by atoms with van der Waals surface area (Å²) in [6.07, 6.45) is 0. The number of halogens is 2. The van der Waals surface area contributed by atoms with E-state index in [1.807, 2.05) is 24.3 Å². The van der Waals surface area contributed by atoms with Crippen LogP contribution >= 0.6 is 22.9 Å². The Morgan fingerprint density at radius 3 is 1.60 bits per heavy atom. The normalized spacial score (nSPS) is 9.00. The first-order valence-electron chi connectivity index (χ1n) is 2.84. The van der Waals surface area contributed by atoms with Gasteiger partial charge < -0.3 is 0 Å². The van der Waals surface area contributed by atoms with E-state index in [1.165, 1.54) is 13.4 Å². The van der Waals surface area contributed by atoms with Crippen LogP contribution in [0, 0.1) is 0 Å². The summed E-state index contributed by atoms with van der Waals surface area (Å²) in [4.78, 5) is 0. The molecule has 0 nitrogen and oxygen atoms in total. The fourth-order valence-electron chi connectivity index (χ4n) is 0.710. The Morgan fingerprint density at radius 1 is 0.900 bits per heavy atom. The standard InChI is InChI=1S/C6H4B2Cl2/c9-7-5-3-1-2-4-6(5)8-10/h1-4H. The van der Waals surface area contributed by atoms with E-state index in [0.29, 0.717) is 0 Å². The lowest BCUT2D eigenvalue weighted by Gasteiger charge is -1.98. The van der Waals surface area contributed by atoms with E-state index in [9.17, 15) is 0 Å². The Kier molecular flexibility index (Phi) is 3.17. The predicted molar refractivity (Wildman–Crippen MR) is 48.9 cm³/mol. The fourth-order valence-corrected chi connectivity index (χ4v) is 1.11. The van der Waals surface area contributed by atoms with E-state index in [0.717, 1.165) is 10.9 Å². The summed E-state index contributed by atoms with van der Waals surface area (Å²) in [6, 6.07) is 7.64. The van der Waals surface area contributed by atoms with E-state index < -0.39 is 0 Å². The van der Waals surface area contributed by atoms with E-state index in [2.05, 4.69) is 0 Å². The quantitative estimate of drug-likeness (QED) is 0.569. The number of benzene rings is 1. The molecule has 0 atom stereocenters. The van der Waals surface area contributed by atoms with E-state index in [4.69, 9.17) is 22.9 Å². The van der Waals surface area contributed by atoms with Gasteiger partial charge in [-0.1, -0.05) is 35.2 Å². The molecule has 0 heterocycles. The lowest BCUT2D eigenvalue weighted by molar-refractivity contribution is 1.82. The highest BCUT2D eigenvalue weighted by Crippen LogP contribution is 1.82. The van der Waals surface area contributed by atoms with Crippen molar-refractivity contribution in [3.05, 3.63) is 24.3 Å². The average Bonchev–Trinajstić information content (AvgIpc) is 2.04. The summed E-state index contributed by atoms with van der Waals surface area (Å²) >= 11 is 11.0. The van der Waals surface area contributed by atoms with Gasteiger partial charge in [0.2, 0.25) is 0 Å². The molecular weight excluding hydrogens is 165 g/mol. The van der Waals surface area contributed by atoms with E-state index in [-0.39, 0.29) is 0 Å². The molecule has 2 radical (unpaired) electrons. The highest BCUT2D eigenvalue weighted by atomic mass is 35.5. The molecule has 0 aromatic heterocycles. The highest BCUT2D eigenvalue weighted by molar-refractivity contribution is 7.07. The van der Waals surface area contributed by atoms with Crippen molar-refractivity contribution < 1.29 is 0 Å². The van der Waals surface area contributed by atoms with Crippen molar-refractivity contribution >= 4 is 47.2 Å². The number of rotatable bonds is 2. The van der Waals surface area contributed by atoms with Crippen molar-refractivity contribution in [3.63, 3.8) is 0 Å². The second-order valence-corrected chi connectivity index (χ2v) is 2.28. The van der Waals surface area contributed by atoms with Gasteiger partial charge in [0.05, 0.1) is 0 Å². The molecule has 0 bridgehead atoms. The van der Waals surface area contributed by atoms with Crippen molar-refractivity contribution in [2.24, 2.45) is 0 Å². The molecule has 0 fully saturated rings. The molecule has 0 aliphatic carbocycles. The van der Waals surface area contributed by atoms with Gasteiger partial charge in [0, 0.05) is 0 Å². The zero-order chi connectivity index (χ0) is 7.40. The van der Waals surface area contributed by atoms with Gasteiger partial charge in [-0.2, -0.15) is 22.9 Å². The molecule has 1 aromatic carbocycles. The zero-order valence-electron chi connectivity index (χ0n) is 5.22. The van der Waals surface area contributed by atoms with Gasteiger partial charge in [-0.3, -0.25) is 0 Å². The average molecular weight is 169 g/mol. The summed E-state index contributed by atoms with van der Waals surface area (Å²) in [6.45, 7) is 3.02. The first kappa shape index (κ1) is 8.03. The van der Waals surface area contributed by atoms with Crippen molar-refractivity contribution in [2.75, 3.05) is 0 Å². The Hall–Kier alpha value is -0.0701. The molecule has 0 spiro atoms. The topological polar surface area (TPSA) is 0 Å². The van der Waals surface area contributed by atoms with Crippen LogP contribution in [-0.2, 0) is 0 Å². The van der Waals surface area contributed by atoms with Crippen LogP contribution in [0.25, 0.3) is 0 Å². The van der Waals surface area contributed by atoms with E-state index >= 15 is 0 Å². The Labute approximate surface area is 71.8 Å². The zero-order valence-corrected chi connectivity index (χ0v) is 6.73. The molecule has 0 saturated heterocycles. The van der Waals surface area contributed by atoms with Gasteiger partial charge in [-0.05, 0) is 0 Å². The summed E-state index contributed by atoms with van der Waals surface area (Å²) in [5.74, 6) is 0. The maximum Gasteiger partial charge on any atom is 0.275 e. The molecule has 0 amide bonds. The van der Waals surface area contributed by atoms with Crippen molar-refractivity contribution in [1.82, 2.24) is 0 Å². The maximum absolute atomic E-state index is 5.51. The van der Waals surface area contributed by atoms with Crippen molar-refractivity contribution in [1.29, 1.82) is 0 Å². The summed E-state index contributed by atoms with van der Waals surface area (Å²) in [5.41, 5.74) is 1.89. The minimum Gasteiger partial charge on any atom is -0.197 e. The summed E-state index contributed by atoms with van der Waals surface area (Å²) in [7, 11) is 0. The third-order valence-electron chi connectivity index (χ3n) is 1.23. The third-order valence-corrected chi connectivity index (χ3v) is 1.70. The summed E-state index contributed by atoms with van der Waals surface area (Å²) in [5, 5.41) is 0. The molecule has 1 aromatic rings. The van der Waals surface area contributed by atoms with Crippen LogP contribution in [0.5, 0.6) is 0 Å². The van der Waals surface area contributed by atoms with Crippen molar-refractivity contribution in [3.8, 4) is 0 Å². The van der Waals surface area contributed by atoms with Gasteiger partial charge in [-0.15, -0.1) is 0 Å². The van der Waals surface area contributed by atoms with E-state index in [1.54, 1.807) is 0 Å². The predicted octanol–water partition coefficient (Wildman–Crippen LogP) is 0.653. The molecule has 48 valence electrons. The molecular formula is C6H4B2Cl2. The van der Waals surface area contributed by atoms with Gasteiger partial charge >= 0.3 is 0 Å². The van der Waals surface area contributed by atoms with Gasteiger partial charge in [0.25, 0.3) is 13.4 Å². The molecule has 0 unspecified atom stereocenters.